The van der Waals surface area contributed by atoms with Gasteiger partial charge in [-0.2, -0.15) is 0 Å². The quantitative estimate of drug-likeness (QED) is 0.592. The van der Waals surface area contributed by atoms with Crippen LogP contribution in [0, 0.1) is 0 Å². The van der Waals surface area contributed by atoms with E-state index >= 15 is 0 Å². The van der Waals surface area contributed by atoms with Crippen LogP contribution in [-0.2, 0) is 14.3 Å². The number of rotatable bonds is 4. The highest BCUT2D eigenvalue weighted by Gasteiger charge is 2.25. The summed E-state index contributed by atoms with van der Waals surface area (Å²) in [5.74, 6) is -0.164. The van der Waals surface area contributed by atoms with E-state index in [1.54, 1.807) is 7.11 Å². The summed E-state index contributed by atoms with van der Waals surface area (Å²) in [6, 6.07) is 0.393. The van der Waals surface area contributed by atoms with Gasteiger partial charge in [0.25, 0.3) is 0 Å². The van der Waals surface area contributed by atoms with Crippen molar-refractivity contribution in [1.82, 2.24) is 4.90 Å². The van der Waals surface area contributed by atoms with E-state index in [1.165, 1.54) is 7.11 Å². The first kappa shape index (κ1) is 10.5. The maximum Gasteiger partial charge on any atom is 0.319 e. The van der Waals surface area contributed by atoms with Gasteiger partial charge in [0.1, 0.15) is 0 Å². The van der Waals surface area contributed by atoms with Crippen LogP contribution in [0.2, 0.25) is 0 Å². The maximum absolute atomic E-state index is 11.0. The Hall–Kier alpha value is -0.610. The van der Waals surface area contributed by atoms with Crippen molar-refractivity contribution < 1.29 is 14.3 Å². The van der Waals surface area contributed by atoms with Gasteiger partial charge in [-0.1, -0.05) is 0 Å². The number of esters is 1. The Bertz CT molecular complexity index is 172. The average Bonchev–Trinajstić information content (AvgIpc) is 2.54. The Morgan fingerprint density at radius 2 is 2.31 bits per heavy atom. The van der Waals surface area contributed by atoms with Gasteiger partial charge in [0.15, 0.2) is 0 Å². The topological polar surface area (TPSA) is 38.8 Å². The van der Waals surface area contributed by atoms with Gasteiger partial charge >= 0.3 is 5.97 Å². The molecule has 0 spiro atoms. The summed E-state index contributed by atoms with van der Waals surface area (Å²) >= 11 is 0. The molecule has 1 aliphatic rings. The second-order valence-electron chi connectivity index (χ2n) is 3.30. The van der Waals surface area contributed by atoms with Crippen molar-refractivity contribution in [3.63, 3.8) is 0 Å². The summed E-state index contributed by atoms with van der Waals surface area (Å²) in [6.07, 6.45) is 2.26. The summed E-state index contributed by atoms with van der Waals surface area (Å²) in [5.41, 5.74) is 0. The van der Waals surface area contributed by atoms with E-state index in [4.69, 9.17) is 4.74 Å². The molecule has 0 aromatic heterocycles. The zero-order chi connectivity index (χ0) is 9.68. The third-order valence-electron chi connectivity index (χ3n) is 2.42. The van der Waals surface area contributed by atoms with Crippen LogP contribution in [0.4, 0.5) is 0 Å². The molecular weight excluding hydrogens is 170 g/mol. The molecule has 1 atom stereocenters. The lowest BCUT2D eigenvalue weighted by molar-refractivity contribution is -0.142. The third-order valence-corrected chi connectivity index (χ3v) is 2.42. The van der Waals surface area contributed by atoms with Crippen LogP contribution >= 0.6 is 0 Å². The lowest BCUT2D eigenvalue weighted by Gasteiger charge is -2.21. The van der Waals surface area contributed by atoms with Crippen molar-refractivity contribution in [1.29, 1.82) is 0 Å². The molecule has 0 amide bonds. The molecule has 1 aliphatic heterocycles. The number of methoxy groups -OCH3 is 2. The number of nitrogens with zero attached hydrogens (tertiary/aromatic N) is 1. The molecule has 1 unspecified atom stereocenters. The molecule has 1 heterocycles. The van der Waals surface area contributed by atoms with E-state index in [0.717, 1.165) is 19.4 Å². The lowest BCUT2D eigenvalue weighted by Crippen LogP contribution is -2.37. The predicted octanol–water partition coefficient (Wildman–Crippen LogP) is 0.270. The highest BCUT2D eigenvalue weighted by molar-refractivity contribution is 5.71. The van der Waals surface area contributed by atoms with Crippen molar-refractivity contribution in [2.24, 2.45) is 0 Å². The monoisotopic (exact) mass is 187 g/mol. The number of hydrogen-bond acceptors (Lipinski definition) is 4. The first-order valence-corrected chi connectivity index (χ1v) is 4.57. The molecule has 13 heavy (non-hydrogen) atoms. The molecule has 1 fully saturated rings. The van der Waals surface area contributed by atoms with E-state index in [0.29, 0.717) is 19.2 Å². The highest BCUT2D eigenvalue weighted by atomic mass is 16.5. The summed E-state index contributed by atoms with van der Waals surface area (Å²) in [7, 11) is 3.11. The molecule has 4 heteroatoms. The minimum Gasteiger partial charge on any atom is -0.468 e. The first-order valence-electron chi connectivity index (χ1n) is 4.57. The molecule has 76 valence electrons. The highest BCUT2D eigenvalue weighted by Crippen LogP contribution is 2.16. The molecule has 0 aliphatic carbocycles. The van der Waals surface area contributed by atoms with Crippen LogP contribution in [0.5, 0.6) is 0 Å². The normalized spacial score (nSPS) is 23.4. The van der Waals surface area contributed by atoms with Gasteiger partial charge in [-0.3, -0.25) is 9.69 Å². The van der Waals surface area contributed by atoms with Crippen LogP contribution in [0.15, 0.2) is 0 Å². The molecule has 0 saturated carbocycles. The third kappa shape index (κ3) is 2.97. The molecule has 0 N–H and O–H groups in total. The average molecular weight is 187 g/mol. The van der Waals surface area contributed by atoms with Crippen LogP contribution < -0.4 is 0 Å². The number of hydrogen-bond donors (Lipinski definition) is 0. The van der Waals surface area contributed by atoms with Crippen LogP contribution in [0.1, 0.15) is 12.8 Å². The Kier molecular flexibility index (Phi) is 4.18. The smallest absolute Gasteiger partial charge is 0.319 e. The molecule has 1 rings (SSSR count). The Balaban J connectivity index is 2.34. The first-order chi connectivity index (χ1) is 6.27. The van der Waals surface area contributed by atoms with Crippen LogP contribution in [-0.4, -0.2) is 50.8 Å². The lowest BCUT2D eigenvalue weighted by atomic mass is 10.2. The van der Waals surface area contributed by atoms with E-state index in [2.05, 4.69) is 9.64 Å². The van der Waals surface area contributed by atoms with E-state index in [1.807, 2.05) is 0 Å². The Morgan fingerprint density at radius 3 is 2.92 bits per heavy atom. The van der Waals surface area contributed by atoms with Crippen molar-refractivity contribution >= 4 is 5.97 Å². The molecule has 0 bridgehead atoms. The maximum atomic E-state index is 11.0. The van der Waals surface area contributed by atoms with Crippen molar-refractivity contribution in [2.75, 3.05) is 33.9 Å². The Labute approximate surface area is 78.8 Å². The summed E-state index contributed by atoms with van der Waals surface area (Å²) in [5, 5.41) is 0. The second kappa shape index (κ2) is 5.19. The largest absolute Gasteiger partial charge is 0.468 e. The zero-order valence-electron chi connectivity index (χ0n) is 8.28. The fourth-order valence-corrected chi connectivity index (χ4v) is 1.71. The molecule has 0 aromatic carbocycles. The van der Waals surface area contributed by atoms with Gasteiger partial charge < -0.3 is 9.47 Å². The van der Waals surface area contributed by atoms with Gasteiger partial charge in [0, 0.05) is 13.2 Å². The van der Waals surface area contributed by atoms with Crippen molar-refractivity contribution in [3.05, 3.63) is 0 Å². The fourth-order valence-electron chi connectivity index (χ4n) is 1.71. The molecule has 4 nitrogen and oxygen atoms in total. The number of likely N-dealkylation sites (tertiary alicyclic amines) is 1. The molecule has 0 radical (unpaired) electrons. The van der Waals surface area contributed by atoms with Gasteiger partial charge in [-0.05, 0) is 19.4 Å². The van der Waals surface area contributed by atoms with Crippen LogP contribution in [0.3, 0.4) is 0 Å². The number of ether oxygens (including phenoxy) is 2. The van der Waals surface area contributed by atoms with Crippen molar-refractivity contribution in [3.8, 4) is 0 Å². The fraction of sp³-hybridized carbons (Fsp3) is 0.889. The Morgan fingerprint density at radius 1 is 1.54 bits per heavy atom. The van der Waals surface area contributed by atoms with Crippen LogP contribution in [0.25, 0.3) is 0 Å². The minimum absolute atomic E-state index is 0.164. The van der Waals surface area contributed by atoms with E-state index < -0.39 is 0 Å². The van der Waals surface area contributed by atoms with E-state index in [-0.39, 0.29) is 5.97 Å². The number of carbonyl (C=O) groups excluding carboxylic acids is 1. The molecule has 1 saturated heterocycles. The van der Waals surface area contributed by atoms with Gasteiger partial charge in [-0.15, -0.1) is 0 Å². The molecular formula is C9H17NO3. The van der Waals surface area contributed by atoms with Crippen molar-refractivity contribution in [2.45, 2.75) is 18.9 Å². The van der Waals surface area contributed by atoms with E-state index in [9.17, 15) is 4.79 Å². The zero-order valence-corrected chi connectivity index (χ0v) is 8.28. The summed E-state index contributed by atoms with van der Waals surface area (Å²) in [6.45, 7) is 2.07. The predicted molar refractivity (Wildman–Crippen MR) is 48.5 cm³/mol. The molecule has 0 aromatic rings. The number of carbonyl (C=O) groups is 1. The standard InChI is InChI=1S/C9H17NO3/c1-12-7-8-4-3-5-10(8)6-9(11)13-2/h8H,3-7H2,1-2H3. The minimum atomic E-state index is -0.164. The van der Waals surface area contributed by atoms with Gasteiger partial charge in [0.05, 0.1) is 20.3 Å². The second-order valence-corrected chi connectivity index (χ2v) is 3.30. The summed E-state index contributed by atoms with van der Waals surface area (Å²) in [4.78, 5) is 13.1. The SMILES string of the molecule is COCC1CCCN1CC(=O)OC. The summed E-state index contributed by atoms with van der Waals surface area (Å²) < 4.78 is 9.69. The van der Waals surface area contributed by atoms with Gasteiger partial charge in [0.2, 0.25) is 0 Å². The van der Waals surface area contributed by atoms with Gasteiger partial charge in [-0.25, -0.2) is 0 Å².